The van der Waals surface area contributed by atoms with Crippen LogP contribution in [0.4, 0.5) is 4.39 Å². The molecular formula is C23H28ClFN2O2. The van der Waals surface area contributed by atoms with E-state index in [-0.39, 0.29) is 10.9 Å². The van der Waals surface area contributed by atoms with Gasteiger partial charge in [0.25, 0.3) is 5.91 Å². The third-order valence-corrected chi connectivity index (χ3v) is 4.33. The molecule has 0 radical (unpaired) electrons. The second kappa shape index (κ2) is 12.0. The lowest BCUT2D eigenvalue weighted by Gasteiger charge is -2.14. The standard InChI is InChI=1S/C19H16ClFN2O2.2C2H6/c1-12-8-17(25-2)15(19(24)23-7-6-22-11-23)10-14(12)9-13-4-3-5-16(20)18(13)21;2*1-2/h3-8,10-11H,9H2,1-2H3;2*1-2H3. The highest BCUT2D eigenvalue weighted by Crippen LogP contribution is 2.28. The normalized spacial score (nSPS) is 9.66. The van der Waals surface area contributed by atoms with Crippen molar-refractivity contribution in [1.82, 2.24) is 9.55 Å². The number of carbonyl (C=O) groups excluding carboxylic acids is 1. The molecule has 1 aromatic heterocycles. The molecule has 3 rings (SSSR count). The summed E-state index contributed by atoms with van der Waals surface area (Å²) in [5, 5.41) is 0.0818. The van der Waals surface area contributed by atoms with Crippen LogP contribution in [0, 0.1) is 12.7 Å². The fourth-order valence-corrected chi connectivity index (χ4v) is 2.86. The molecule has 0 aliphatic carbocycles. The van der Waals surface area contributed by atoms with Crippen LogP contribution in [0.15, 0.2) is 49.1 Å². The van der Waals surface area contributed by atoms with Gasteiger partial charge in [0.2, 0.25) is 0 Å². The maximum atomic E-state index is 14.2. The highest BCUT2D eigenvalue weighted by atomic mass is 35.5. The minimum absolute atomic E-state index is 0.0818. The first kappa shape index (κ1) is 24.4. The number of nitrogens with zero attached hydrogens (tertiary/aromatic N) is 2. The van der Waals surface area contributed by atoms with Gasteiger partial charge in [0, 0.05) is 18.8 Å². The van der Waals surface area contributed by atoms with E-state index in [1.807, 2.05) is 34.6 Å². The van der Waals surface area contributed by atoms with E-state index < -0.39 is 5.82 Å². The van der Waals surface area contributed by atoms with Crippen molar-refractivity contribution in [2.45, 2.75) is 41.0 Å². The van der Waals surface area contributed by atoms with Gasteiger partial charge in [0.15, 0.2) is 0 Å². The van der Waals surface area contributed by atoms with Crippen LogP contribution in [0.1, 0.15) is 54.7 Å². The molecule has 29 heavy (non-hydrogen) atoms. The molecule has 0 spiro atoms. The zero-order chi connectivity index (χ0) is 22.0. The van der Waals surface area contributed by atoms with Gasteiger partial charge in [0.1, 0.15) is 17.9 Å². The quantitative estimate of drug-likeness (QED) is 0.497. The van der Waals surface area contributed by atoms with Crippen molar-refractivity contribution in [2.75, 3.05) is 7.11 Å². The first-order valence-corrected chi connectivity index (χ1v) is 10.0. The Balaban J connectivity index is 0.000000989. The lowest BCUT2D eigenvalue weighted by atomic mass is 9.97. The van der Waals surface area contributed by atoms with Gasteiger partial charge in [-0.15, -0.1) is 0 Å². The van der Waals surface area contributed by atoms with Gasteiger partial charge in [0.05, 0.1) is 17.7 Å². The topological polar surface area (TPSA) is 44.1 Å². The molecular weight excluding hydrogens is 391 g/mol. The molecule has 0 aliphatic heterocycles. The van der Waals surface area contributed by atoms with Crippen molar-refractivity contribution in [1.29, 1.82) is 0 Å². The van der Waals surface area contributed by atoms with Crippen molar-refractivity contribution < 1.29 is 13.9 Å². The van der Waals surface area contributed by atoms with E-state index in [2.05, 4.69) is 4.98 Å². The number of ether oxygens (including phenoxy) is 1. The summed E-state index contributed by atoms with van der Waals surface area (Å²) in [4.78, 5) is 16.6. The minimum Gasteiger partial charge on any atom is -0.496 e. The van der Waals surface area contributed by atoms with Gasteiger partial charge < -0.3 is 4.74 Å². The predicted molar refractivity (Wildman–Crippen MR) is 117 cm³/mol. The van der Waals surface area contributed by atoms with E-state index >= 15 is 0 Å². The number of imidazole rings is 1. The van der Waals surface area contributed by atoms with E-state index in [9.17, 15) is 9.18 Å². The molecule has 2 aromatic carbocycles. The SMILES string of the molecule is CC.CC.COc1cc(C)c(Cc2cccc(Cl)c2F)cc1C(=O)n1ccnc1. The molecule has 0 unspecified atom stereocenters. The molecule has 0 atom stereocenters. The third kappa shape index (κ3) is 5.91. The highest BCUT2D eigenvalue weighted by Gasteiger charge is 2.18. The van der Waals surface area contributed by atoms with Crippen LogP contribution >= 0.6 is 11.6 Å². The number of rotatable bonds is 4. The number of hydrogen-bond donors (Lipinski definition) is 0. The van der Waals surface area contributed by atoms with E-state index in [1.165, 1.54) is 30.3 Å². The van der Waals surface area contributed by atoms with E-state index in [4.69, 9.17) is 16.3 Å². The lowest BCUT2D eigenvalue weighted by Crippen LogP contribution is -2.12. The van der Waals surface area contributed by atoms with Crippen LogP contribution in [0.5, 0.6) is 5.75 Å². The van der Waals surface area contributed by atoms with Crippen molar-refractivity contribution in [3.05, 3.63) is 82.1 Å². The van der Waals surface area contributed by atoms with Gasteiger partial charge in [-0.2, -0.15) is 0 Å². The third-order valence-electron chi connectivity index (χ3n) is 4.04. The van der Waals surface area contributed by atoms with Gasteiger partial charge in [-0.05, 0) is 41.8 Å². The molecule has 0 saturated carbocycles. The highest BCUT2D eigenvalue weighted by molar-refractivity contribution is 6.30. The maximum Gasteiger partial charge on any atom is 0.266 e. The Morgan fingerprint density at radius 3 is 2.45 bits per heavy atom. The van der Waals surface area contributed by atoms with Gasteiger partial charge in [-0.1, -0.05) is 51.4 Å². The van der Waals surface area contributed by atoms with Crippen molar-refractivity contribution >= 4 is 17.5 Å². The van der Waals surface area contributed by atoms with Gasteiger partial charge >= 0.3 is 0 Å². The Kier molecular flexibility index (Phi) is 10.1. The molecule has 0 amide bonds. The summed E-state index contributed by atoms with van der Waals surface area (Å²) in [6, 6.07) is 8.41. The van der Waals surface area contributed by atoms with Gasteiger partial charge in [-0.3, -0.25) is 9.36 Å². The number of aromatic nitrogens is 2. The van der Waals surface area contributed by atoms with E-state index in [0.717, 1.165) is 11.1 Å². The molecule has 6 heteroatoms. The first-order valence-electron chi connectivity index (χ1n) is 9.64. The van der Waals surface area contributed by atoms with Gasteiger partial charge in [-0.25, -0.2) is 9.37 Å². The second-order valence-electron chi connectivity index (χ2n) is 5.64. The summed E-state index contributed by atoms with van der Waals surface area (Å²) in [6.07, 6.45) is 4.85. The first-order chi connectivity index (χ1) is 14.0. The average Bonchev–Trinajstić information content (AvgIpc) is 3.30. The molecule has 3 aromatic rings. The maximum absolute atomic E-state index is 14.2. The largest absolute Gasteiger partial charge is 0.496 e. The molecule has 0 aliphatic rings. The monoisotopic (exact) mass is 418 g/mol. The van der Waals surface area contributed by atoms with Crippen LogP contribution in [-0.2, 0) is 6.42 Å². The second-order valence-corrected chi connectivity index (χ2v) is 6.05. The number of carbonyl (C=O) groups is 1. The number of hydrogen-bond acceptors (Lipinski definition) is 3. The molecule has 0 fully saturated rings. The summed E-state index contributed by atoms with van der Waals surface area (Å²) in [5.74, 6) is -0.240. The molecule has 156 valence electrons. The fraction of sp³-hybridized carbons (Fsp3) is 0.304. The molecule has 1 heterocycles. The van der Waals surface area contributed by atoms with Crippen molar-refractivity contribution in [3.63, 3.8) is 0 Å². The Morgan fingerprint density at radius 2 is 1.86 bits per heavy atom. The predicted octanol–water partition coefficient (Wildman–Crippen LogP) is 6.32. The van der Waals surface area contributed by atoms with Crippen molar-refractivity contribution in [3.8, 4) is 5.75 Å². The summed E-state index contributed by atoms with van der Waals surface area (Å²) in [7, 11) is 1.51. The van der Waals surface area contributed by atoms with Crippen LogP contribution in [-0.4, -0.2) is 22.6 Å². The van der Waals surface area contributed by atoms with Crippen LogP contribution < -0.4 is 4.74 Å². The average molecular weight is 419 g/mol. The van der Waals surface area contributed by atoms with Crippen molar-refractivity contribution in [2.24, 2.45) is 0 Å². The Morgan fingerprint density at radius 1 is 1.17 bits per heavy atom. The molecule has 4 nitrogen and oxygen atoms in total. The van der Waals surface area contributed by atoms with Crippen LogP contribution in [0.25, 0.3) is 0 Å². The molecule has 0 N–H and O–H groups in total. The smallest absolute Gasteiger partial charge is 0.266 e. The van der Waals surface area contributed by atoms with E-state index in [1.54, 1.807) is 30.5 Å². The summed E-state index contributed by atoms with van der Waals surface area (Å²) >= 11 is 5.86. The number of aryl methyl sites for hydroxylation is 1. The zero-order valence-corrected chi connectivity index (χ0v) is 18.5. The summed E-state index contributed by atoms with van der Waals surface area (Å²) in [5.41, 5.74) is 2.59. The Labute approximate surface area is 177 Å². The molecule has 0 saturated heterocycles. The van der Waals surface area contributed by atoms with Crippen LogP contribution in [0.2, 0.25) is 5.02 Å². The number of halogens is 2. The summed E-state index contributed by atoms with van der Waals surface area (Å²) < 4.78 is 20.9. The molecule has 0 bridgehead atoms. The summed E-state index contributed by atoms with van der Waals surface area (Å²) in [6.45, 7) is 9.89. The lowest BCUT2D eigenvalue weighted by molar-refractivity contribution is 0.0956. The zero-order valence-electron chi connectivity index (χ0n) is 17.8. The Hall–Kier alpha value is -2.66. The fourth-order valence-electron chi connectivity index (χ4n) is 2.66. The number of benzene rings is 2. The Bertz CT molecular complexity index is 925. The minimum atomic E-state index is -0.443. The van der Waals surface area contributed by atoms with E-state index in [0.29, 0.717) is 23.3 Å². The van der Waals surface area contributed by atoms with Crippen LogP contribution in [0.3, 0.4) is 0 Å². The number of methoxy groups -OCH3 is 1.